The average molecular weight is 302 g/mol. The van der Waals surface area contributed by atoms with Gasteiger partial charge in [0.15, 0.2) is 0 Å². The summed E-state index contributed by atoms with van der Waals surface area (Å²) in [5.41, 5.74) is 2.94. The van der Waals surface area contributed by atoms with Crippen LogP contribution in [0.1, 0.15) is 37.8 Å². The summed E-state index contributed by atoms with van der Waals surface area (Å²) < 4.78 is 0. The van der Waals surface area contributed by atoms with Crippen LogP contribution in [0.4, 0.5) is 0 Å². The van der Waals surface area contributed by atoms with Crippen molar-refractivity contribution in [1.82, 2.24) is 4.90 Å². The highest BCUT2D eigenvalue weighted by Crippen LogP contribution is 2.35. The van der Waals surface area contributed by atoms with Gasteiger partial charge < -0.3 is 0 Å². The van der Waals surface area contributed by atoms with E-state index in [1.807, 2.05) is 0 Å². The molecule has 0 saturated heterocycles. The lowest BCUT2D eigenvalue weighted by molar-refractivity contribution is 0.192. The van der Waals surface area contributed by atoms with Gasteiger partial charge in [0, 0.05) is 16.5 Å². The number of benzene rings is 2. The average Bonchev–Trinajstić information content (AvgIpc) is 2.50. The first-order chi connectivity index (χ1) is 10.2. The molecule has 1 aliphatic rings. The summed E-state index contributed by atoms with van der Waals surface area (Å²) in [6.45, 7) is 6.97. The lowest BCUT2D eigenvalue weighted by Crippen LogP contribution is -2.41. The summed E-state index contributed by atoms with van der Waals surface area (Å²) in [5.74, 6) is 0. The topological polar surface area (TPSA) is 3.24 Å². The lowest BCUT2D eigenvalue weighted by Gasteiger charge is -2.35. The van der Waals surface area contributed by atoms with Crippen molar-refractivity contribution >= 4 is 22.4 Å². The molecule has 0 heterocycles. The van der Waals surface area contributed by atoms with Gasteiger partial charge in [-0.05, 0) is 61.4 Å². The molecule has 112 valence electrons. The van der Waals surface area contributed by atoms with Gasteiger partial charge in [-0.15, -0.1) is 0 Å². The van der Waals surface area contributed by atoms with Crippen molar-refractivity contribution in [3.8, 4) is 0 Å². The van der Waals surface area contributed by atoms with Crippen molar-refractivity contribution in [2.75, 3.05) is 13.1 Å². The molecule has 2 aromatic carbocycles. The molecular weight excluding hydrogens is 278 g/mol. The summed E-state index contributed by atoms with van der Waals surface area (Å²) in [6, 6.07) is 11.5. The molecule has 0 fully saturated rings. The first-order valence-electron chi connectivity index (χ1n) is 8.17. The third kappa shape index (κ3) is 2.82. The Hall–Kier alpha value is -1.05. The van der Waals surface area contributed by atoms with Crippen LogP contribution < -0.4 is 0 Å². The molecule has 0 saturated carbocycles. The molecule has 1 atom stereocenters. The van der Waals surface area contributed by atoms with Crippen LogP contribution in [0.15, 0.2) is 30.3 Å². The minimum Gasteiger partial charge on any atom is -0.300 e. The van der Waals surface area contributed by atoms with Gasteiger partial charge in [-0.2, -0.15) is 0 Å². The standard InChI is InChI=1S/C19H24ClN/c1-3-10-21(11-4-2)16-12-14-6-5-7-17-18(20)9-8-15(13-16)19(14)17/h5-9,16H,3-4,10-13H2,1-2H3. The van der Waals surface area contributed by atoms with E-state index in [0.29, 0.717) is 6.04 Å². The SMILES string of the molecule is CCCN(CCC)C1Cc2cccc3c(Cl)ccc(c23)C1. The Labute approximate surface area is 132 Å². The lowest BCUT2D eigenvalue weighted by atomic mass is 9.85. The molecule has 1 unspecified atom stereocenters. The first kappa shape index (κ1) is 14.9. The van der Waals surface area contributed by atoms with Crippen molar-refractivity contribution in [3.05, 3.63) is 46.5 Å². The molecule has 2 aromatic rings. The highest BCUT2D eigenvalue weighted by molar-refractivity contribution is 6.35. The van der Waals surface area contributed by atoms with Crippen LogP contribution in [0.2, 0.25) is 5.02 Å². The predicted molar refractivity (Wildman–Crippen MR) is 92.3 cm³/mol. The Balaban J connectivity index is 1.98. The van der Waals surface area contributed by atoms with Crippen LogP contribution in [0.3, 0.4) is 0 Å². The molecule has 0 radical (unpaired) electrons. The van der Waals surface area contributed by atoms with Gasteiger partial charge in [-0.1, -0.05) is 49.7 Å². The molecule has 2 heteroatoms. The number of halogens is 1. The normalized spacial score (nSPS) is 17.6. The summed E-state index contributed by atoms with van der Waals surface area (Å²) in [4.78, 5) is 2.68. The Morgan fingerprint density at radius 3 is 2.33 bits per heavy atom. The van der Waals surface area contributed by atoms with E-state index in [1.165, 1.54) is 47.8 Å². The fraction of sp³-hybridized carbons (Fsp3) is 0.474. The zero-order valence-corrected chi connectivity index (χ0v) is 13.8. The minimum absolute atomic E-state index is 0.643. The van der Waals surface area contributed by atoms with Gasteiger partial charge in [-0.25, -0.2) is 0 Å². The molecule has 0 aliphatic heterocycles. The van der Waals surface area contributed by atoms with Crippen molar-refractivity contribution in [2.24, 2.45) is 0 Å². The fourth-order valence-electron chi connectivity index (χ4n) is 3.75. The Morgan fingerprint density at radius 2 is 1.67 bits per heavy atom. The number of nitrogens with zero attached hydrogens (tertiary/aromatic N) is 1. The van der Waals surface area contributed by atoms with Gasteiger partial charge in [0.25, 0.3) is 0 Å². The van der Waals surface area contributed by atoms with Gasteiger partial charge >= 0.3 is 0 Å². The second-order valence-electron chi connectivity index (χ2n) is 6.14. The van der Waals surface area contributed by atoms with E-state index in [2.05, 4.69) is 49.1 Å². The zero-order valence-electron chi connectivity index (χ0n) is 13.0. The van der Waals surface area contributed by atoms with E-state index in [0.717, 1.165) is 17.9 Å². The Kier molecular flexibility index (Phi) is 4.51. The molecule has 3 rings (SSSR count). The molecule has 1 nitrogen and oxygen atoms in total. The second kappa shape index (κ2) is 6.37. The third-order valence-electron chi connectivity index (χ3n) is 4.61. The summed E-state index contributed by atoms with van der Waals surface area (Å²) in [5, 5.41) is 3.52. The van der Waals surface area contributed by atoms with E-state index in [9.17, 15) is 0 Å². The van der Waals surface area contributed by atoms with Crippen molar-refractivity contribution < 1.29 is 0 Å². The summed E-state index contributed by atoms with van der Waals surface area (Å²) in [7, 11) is 0. The Bertz CT molecular complexity index is 616. The maximum atomic E-state index is 6.37. The molecule has 0 spiro atoms. The summed E-state index contributed by atoms with van der Waals surface area (Å²) >= 11 is 6.37. The zero-order chi connectivity index (χ0) is 14.8. The maximum Gasteiger partial charge on any atom is 0.0484 e. The second-order valence-corrected chi connectivity index (χ2v) is 6.55. The van der Waals surface area contributed by atoms with E-state index >= 15 is 0 Å². The van der Waals surface area contributed by atoms with Crippen LogP contribution >= 0.6 is 11.6 Å². The number of rotatable bonds is 5. The molecule has 0 bridgehead atoms. The largest absolute Gasteiger partial charge is 0.300 e. The highest BCUT2D eigenvalue weighted by Gasteiger charge is 2.25. The van der Waals surface area contributed by atoms with Crippen LogP contribution in [0, 0.1) is 0 Å². The summed E-state index contributed by atoms with van der Waals surface area (Å²) in [6.07, 6.45) is 4.78. The van der Waals surface area contributed by atoms with Crippen LogP contribution in [-0.4, -0.2) is 24.0 Å². The third-order valence-corrected chi connectivity index (χ3v) is 4.94. The molecule has 21 heavy (non-hydrogen) atoms. The molecular formula is C19H24ClN. The van der Waals surface area contributed by atoms with Crippen LogP contribution in [0.5, 0.6) is 0 Å². The van der Waals surface area contributed by atoms with Crippen molar-refractivity contribution in [1.29, 1.82) is 0 Å². The molecule has 0 aromatic heterocycles. The van der Waals surface area contributed by atoms with E-state index in [-0.39, 0.29) is 0 Å². The minimum atomic E-state index is 0.643. The molecule has 0 N–H and O–H groups in total. The van der Waals surface area contributed by atoms with E-state index in [1.54, 1.807) is 0 Å². The number of hydrogen-bond acceptors (Lipinski definition) is 1. The van der Waals surface area contributed by atoms with Crippen LogP contribution in [-0.2, 0) is 12.8 Å². The van der Waals surface area contributed by atoms with Crippen molar-refractivity contribution in [3.63, 3.8) is 0 Å². The van der Waals surface area contributed by atoms with Crippen LogP contribution in [0.25, 0.3) is 10.8 Å². The van der Waals surface area contributed by atoms with Gasteiger partial charge in [0.2, 0.25) is 0 Å². The van der Waals surface area contributed by atoms with Gasteiger partial charge in [-0.3, -0.25) is 4.90 Å². The van der Waals surface area contributed by atoms with Crippen molar-refractivity contribution in [2.45, 2.75) is 45.6 Å². The fourth-order valence-corrected chi connectivity index (χ4v) is 3.98. The highest BCUT2D eigenvalue weighted by atomic mass is 35.5. The predicted octanol–water partition coefficient (Wildman–Crippen LogP) is 5.08. The smallest absolute Gasteiger partial charge is 0.0484 e. The monoisotopic (exact) mass is 301 g/mol. The molecule has 1 aliphatic carbocycles. The first-order valence-corrected chi connectivity index (χ1v) is 8.55. The quantitative estimate of drug-likeness (QED) is 0.744. The van der Waals surface area contributed by atoms with Gasteiger partial charge in [0.05, 0.1) is 0 Å². The van der Waals surface area contributed by atoms with E-state index in [4.69, 9.17) is 11.6 Å². The van der Waals surface area contributed by atoms with E-state index < -0.39 is 0 Å². The Morgan fingerprint density at radius 1 is 1.00 bits per heavy atom. The number of hydrogen-bond donors (Lipinski definition) is 0. The maximum absolute atomic E-state index is 6.37. The van der Waals surface area contributed by atoms with Gasteiger partial charge in [0.1, 0.15) is 0 Å². The molecule has 0 amide bonds.